The molecule has 0 aromatic carbocycles. The number of carbonyl (C=O) groups excluding carboxylic acids is 2. The number of thiophene rings is 1. The second kappa shape index (κ2) is 7.75. The minimum Gasteiger partial charge on any atom is -0.466 e. The molecule has 0 saturated heterocycles. The van der Waals surface area contributed by atoms with Gasteiger partial charge in [-0.2, -0.15) is 5.26 Å². The summed E-state index contributed by atoms with van der Waals surface area (Å²) in [4.78, 5) is 25.4. The Hall–Kier alpha value is -2.59. The van der Waals surface area contributed by atoms with Gasteiger partial charge in [-0.15, -0.1) is 11.3 Å². The molecule has 1 N–H and O–H groups in total. The van der Waals surface area contributed by atoms with Gasteiger partial charge in [-0.05, 0) is 51.2 Å². The van der Waals surface area contributed by atoms with Crippen LogP contribution in [-0.2, 0) is 22.4 Å². The molecule has 1 aliphatic rings. The summed E-state index contributed by atoms with van der Waals surface area (Å²) in [5, 5.41) is 12.8. The van der Waals surface area contributed by atoms with E-state index >= 15 is 0 Å². The van der Waals surface area contributed by atoms with Crippen molar-refractivity contribution in [2.45, 2.75) is 46.0 Å². The molecule has 26 heavy (non-hydrogen) atoms. The third-order valence-corrected chi connectivity index (χ3v) is 5.59. The van der Waals surface area contributed by atoms with Crippen molar-refractivity contribution in [2.75, 3.05) is 11.9 Å². The molecule has 136 valence electrons. The topological polar surface area (TPSA) is 92.3 Å². The normalized spacial score (nSPS) is 13.4. The van der Waals surface area contributed by atoms with Crippen molar-refractivity contribution < 1.29 is 18.7 Å². The minimum atomic E-state index is -0.600. The standard InChI is InChI=1S/C19H20N2O4S/c1-11-8-14(12(2)25-11)19(23)24-10-17(22)21-18-15(9-20)13-6-4-3-5-7-16(13)26-18/h8H,3-7,10H2,1-2H3,(H,21,22). The Bertz CT molecular complexity index is 888. The third kappa shape index (κ3) is 3.81. The number of nitrogens with one attached hydrogen (secondary N) is 1. The largest absolute Gasteiger partial charge is 0.466 e. The summed E-state index contributed by atoms with van der Waals surface area (Å²) in [6, 6.07) is 3.80. The van der Waals surface area contributed by atoms with Crippen LogP contribution in [0.2, 0.25) is 0 Å². The van der Waals surface area contributed by atoms with Gasteiger partial charge in [-0.1, -0.05) is 6.42 Å². The molecule has 7 heteroatoms. The van der Waals surface area contributed by atoms with Crippen molar-refractivity contribution in [2.24, 2.45) is 0 Å². The molecule has 0 bridgehead atoms. The van der Waals surface area contributed by atoms with Gasteiger partial charge in [0.2, 0.25) is 0 Å². The first-order chi connectivity index (χ1) is 12.5. The van der Waals surface area contributed by atoms with Crippen LogP contribution in [0.3, 0.4) is 0 Å². The maximum absolute atomic E-state index is 12.2. The molecule has 0 atom stereocenters. The number of hydrogen-bond acceptors (Lipinski definition) is 6. The number of nitriles is 1. The van der Waals surface area contributed by atoms with Crippen LogP contribution >= 0.6 is 11.3 Å². The highest BCUT2D eigenvalue weighted by Crippen LogP contribution is 2.36. The Morgan fingerprint density at radius 2 is 2.08 bits per heavy atom. The second-order valence-electron chi connectivity index (χ2n) is 6.33. The van der Waals surface area contributed by atoms with Gasteiger partial charge in [-0.3, -0.25) is 4.79 Å². The van der Waals surface area contributed by atoms with E-state index in [1.807, 2.05) is 0 Å². The maximum atomic E-state index is 12.2. The van der Waals surface area contributed by atoms with Crippen LogP contribution in [0.4, 0.5) is 5.00 Å². The van der Waals surface area contributed by atoms with E-state index < -0.39 is 18.5 Å². The van der Waals surface area contributed by atoms with Crippen LogP contribution in [0.5, 0.6) is 0 Å². The highest BCUT2D eigenvalue weighted by molar-refractivity contribution is 7.16. The number of fused-ring (bicyclic) bond motifs is 1. The van der Waals surface area contributed by atoms with Gasteiger partial charge in [0.05, 0.1) is 5.56 Å². The van der Waals surface area contributed by atoms with E-state index in [2.05, 4.69) is 11.4 Å². The lowest BCUT2D eigenvalue weighted by Gasteiger charge is -2.05. The average molecular weight is 372 g/mol. The number of nitrogens with zero attached hydrogens (tertiary/aromatic N) is 1. The van der Waals surface area contributed by atoms with Crippen LogP contribution < -0.4 is 5.32 Å². The van der Waals surface area contributed by atoms with Crippen molar-refractivity contribution in [3.05, 3.63) is 39.2 Å². The summed E-state index contributed by atoms with van der Waals surface area (Å²) in [6.07, 6.45) is 5.15. The number of anilines is 1. The summed E-state index contributed by atoms with van der Waals surface area (Å²) in [5.41, 5.74) is 1.93. The number of esters is 1. The van der Waals surface area contributed by atoms with Crippen LogP contribution in [0.1, 0.15) is 57.1 Å². The molecule has 2 heterocycles. The minimum absolute atomic E-state index is 0.316. The molecule has 0 radical (unpaired) electrons. The van der Waals surface area contributed by atoms with Crippen molar-refractivity contribution >= 4 is 28.2 Å². The quantitative estimate of drug-likeness (QED) is 0.649. The average Bonchev–Trinajstić information content (AvgIpc) is 3.01. The molecular formula is C19H20N2O4S. The lowest BCUT2D eigenvalue weighted by atomic mass is 10.1. The molecule has 6 nitrogen and oxygen atoms in total. The first-order valence-electron chi connectivity index (χ1n) is 8.58. The molecule has 2 aromatic heterocycles. The summed E-state index contributed by atoms with van der Waals surface area (Å²) in [6.45, 7) is 3.00. The number of rotatable bonds is 4. The van der Waals surface area contributed by atoms with E-state index in [0.717, 1.165) is 37.7 Å². The van der Waals surface area contributed by atoms with Crippen LogP contribution in [0.25, 0.3) is 0 Å². The Morgan fingerprint density at radius 3 is 2.77 bits per heavy atom. The molecule has 0 unspecified atom stereocenters. The molecule has 1 amide bonds. The van der Waals surface area contributed by atoms with Crippen molar-refractivity contribution in [3.8, 4) is 6.07 Å². The lowest BCUT2D eigenvalue weighted by Crippen LogP contribution is -2.21. The number of ether oxygens (including phenoxy) is 1. The Balaban J connectivity index is 1.64. The van der Waals surface area contributed by atoms with Gasteiger partial charge in [0, 0.05) is 4.88 Å². The van der Waals surface area contributed by atoms with E-state index in [-0.39, 0.29) is 0 Å². The fourth-order valence-electron chi connectivity index (χ4n) is 3.15. The van der Waals surface area contributed by atoms with Gasteiger partial charge in [0.15, 0.2) is 6.61 Å². The molecular weight excluding hydrogens is 352 g/mol. The number of carbonyl (C=O) groups is 2. The molecule has 2 aromatic rings. The summed E-state index contributed by atoms with van der Waals surface area (Å²) in [5.74, 6) is 0.0143. The fraction of sp³-hybridized carbons (Fsp3) is 0.421. The first kappa shape index (κ1) is 18.2. The van der Waals surface area contributed by atoms with Crippen LogP contribution in [-0.4, -0.2) is 18.5 Å². The van der Waals surface area contributed by atoms with E-state index in [1.165, 1.54) is 16.2 Å². The zero-order valence-corrected chi connectivity index (χ0v) is 15.6. The Morgan fingerprint density at radius 1 is 1.31 bits per heavy atom. The van der Waals surface area contributed by atoms with Crippen molar-refractivity contribution in [3.63, 3.8) is 0 Å². The molecule has 1 aliphatic carbocycles. The SMILES string of the molecule is Cc1cc(C(=O)OCC(=O)Nc2sc3c(c2C#N)CCCCC3)c(C)o1. The van der Waals surface area contributed by atoms with Crippen molar-refractivity contribution in [1.82, 2.24) is 0 Å². The molecule has 0 aliphatic heterocycles. The highest BCUT2D eigenvalue weighted by atomic mass is 32.1. The summed E-state index contributed by atoms with van der Waals surface area (Å²) < 4.78 is 10.4. The van der Waals surface area contributed by atoms with Gasteiger partial charge >= 0.3 is 5.97 Å². The van der Waals surface area contributed by atoms with Gasteiger partial charge in [-0.25, -0.2) is 4.79 Å². The number of hydrogen-bond donors (Lipinski definition) is 1. The van der Waals surface area contributed by atoms with Gasteiger partial charge in [0.25, 0.3) is 5.91 Å². The zero-order chi connectivity index (χ0) is 18.7. The first-order valence-corrected chi connectivity index (χ1v) is 9.40. The Labute approximate surface area is 155 Å². The number of aryl methyl sites for hydroxylation is 3. The predicted octanol–water partition coefficient (Wildman–Crippen LogP) is 3.89. The number of furan rings is 1. The third-order valence-electron chi connectivity index (χ3n) is 4.38. The number of amides is 1. The predicted molar refractivity (Wildman–Crippen MR) is 97.4 cm³/mol. The zero-order valence-electron chi connectivity index (χ0n) is 14.8. The maximum Gasteiger partial charge on any atom is 0.342 e. The van der Waals surface area contributed by atoms with Crippen molar-refractivity contribution in [1.29, 1.82) is 5.26 Å². The van der Waals surface area contributed by atoms with Gasteiger partial charge in [0.1, 0.15) is 28.2 Å². The molecule has 3 rings (SSSR count). The smallest absolute Gasteiger partial charge is 0.342 e. The second-order valence-corrected chi connectivity index (χ2v) is 7.44. The van der Waals surface area contributed by atoms with E-state index in [4.69, 9.17) is 9.15 Å². The van der Waals surface area contributed by atoms with E-state index in [0.29, 0.717) is 27.6 Å². The Kier molecular flexibility index (Phi) is 5.43. The van der Waals surface area contributed by atoms with E-state index in [1.54, 1.807) is 19.9 Å². The molecule has 0 fully saturated rings. The summed E-state index contributed by atoms with van der Waals surface area (Å²) >= 11 is 1.45. The lowest BCUT2D eigenvalue weighted by molar-refractivity contribution is -0.119. The highest BCUT2D eigenvalue weighted by Gasteiger charge is 2.22. The fourth-order valence-corrected chi connectivity index (χ4v) is 4.41. The molecule has 0 spiro atoms. The van der Waals surface area contributed by atoms with Crippen LogP contribution in [0, 0.1) is 25.2 Å². The molecule has 0 saturated carbocycles. The van der Waals surface area contributed by atoms with Gasteiger partial charge < -0.3 is 14.5 Å². The monoisotopic (exact) mass is 372 g/mol. The van der Waals surface area contributed by atoms with Crippen LogP contribution in [0.15, 0.2) is 10.5 Å². The van der Waals surface area contributed by atoms with E-state index in [9.17, 15) is 14.9 Å². The summed E-state index contributed by atoms with van der Waals surface area (Å²) in [7, 11) is 0.